The molecule has 0 radical (unpaired) electrons. The first-order valence-electron chi connectivity index (χ1n) is 11.3. The summed E-state index contributed by atoms with van der Waals surface area (Å²) in [5.41, 5.74) is 2.69. The topological polar surface area (TPSA) is 101 Å². The van der Waals surface area contributed by atoms with Gasteiger partial charge in [0.05, 0.1) is 16.3 Å². The highest BCUT2D eigenvalue weighted by molar-refractivity contribution is 6.30. The number of aromatic nitrogens is 1. The second-order valence-corrected chi connectivity index (χ2v) is 8.95. The molecule has 35 heavy (non-hydrogen) atoms. The maximum atomic E-state index is 13.1. The van der Waals surface area contributed by atoms with Gasteiger partial charge in [0.2, 0.25) is 0 Å². The van der Waals surface area contributed by atoms with Crippen molar-refractivity contribution >= 4 is 46.4 Å². The molecule has 1 saturated heterocycles. The predicted molar refractivity (Wildman–Crippen MR) is 140 cm³/mol. The summed E-state index contributed by atoms with van der Waals surface area (Å²) in [5.74, 6) is 0.0697. The van der Waals surface area contributed by atoms with Crippen LogP contribution in [0.15, 0.2) is 60.8 Å². The molecule has 180 valence electrons. The largest absolute Gasteiger partial charge is 0.378 e. The molecule has 3 N–H and O–H groups in total. The number of nitrogens with one attached hydrogen (secondary N) is 3. The van der Waals surface area contributed by atoms with Crippen LogP contribution < -0.4 is 15.5 Å². The van der Waals surface area contributed by atoms with Crippen LogP contribution in [0.5, 0.6) is 0 Å². The van der Waals surface area contributed by atoms with E-state index in [1.165, 1.54) is 6.20 Å². The molecule has 0 aliphatic carbocycles. The smallest absolute Gasteiger partial charge is 0.259 e. The molecule has 1 aromatic heterocycles. The lowest BCUT2D eigenvalue weighted by atomic mass is 10.1. The van der Waals surface area contributed by atoms with E-state index in [9.17, 15) is 9.59 Å². The zero-order valence-corrected chi connectivity index (χ0v) is 20.4. The van der Waals surface area contributed by atoms with Gasteiger partial charge in [0.15, 0.2) is 0 Å². The Labute approximate surface area is 209 Å². The van der Waals surface area contributed by atoms with E-state index in [1.54, 1.807) is 48.5 Å². The number of carbonyl (C=O) groups excluding carboxylic acids is 2. The number of rotatable bonds is 6. The average molecular weight is 491 g/mol. The lowest BCUT2D eigenvalue weighted by Crippen LogP contribution is -2.27. The Morgan fingerprint density at radius 2 is 1.63 bits per heavy atom. The number of hydrogen-bond donors (Lipinski definition) is 3. The van der Waals surface area contributed by atoms with Crippen LogP contribution in [0.25, 0.3) is 0 Å². The van der Waals surface area contributed by atoms with Crippen molar-refractivity contribution in [2.45, 2.75) is 12.8 Å². The molecule has 2 aromatic carbocycles. The number of nitrogens with zero attached hydrogens (tertiary/aromatic N) is 3. The van der Waals surface area contributed by atoms with E-state index in [4.69, 9.17) is 17.0 Å². The van der Waals surface area contributed by atoms with Gasteiger partial charge in [0.1, 0.15) is 11.7 Å². The van der Waals surface area contributed by atoms with Crippen molar-refractivity contribution in [1.29, 1.82) is 5.41 Å². The maximum absolute atomic E-state index is 13.1. The minimum absolute atomic E-state index is 0.300. The van der Waals surface area contributed by atoms with Crippen LogP contribution in [0.1, 0.15) is 39.1 Å². The summed E-state index contributed by atoms with van der Waals surface area (Å²) >= 11 is 5.88. The van der Waals surface area contributed by atoms with E-state index in [-0.39, 0.29) is 5.91 Å². The van der Waals surface area contributed by atoms with Gasteiger partial charge in [-0.1, -0.05) is 23.7 Å². The van der Waals surface area contributed by atoms with Gasteiger partial charge < -0.3 is 20.4 Å². The molecular weight excluding hydrogens is 464 g/mol. The number of halogens is 1. The molecule has 1 aliphatic heterocycles. The summed E-state index contributed by atoms with van der Waals surface area (Å²) in [5, 5.41) is 14.4. The summed E-state index contributed by atoms with van der Waals surface area (Å²) in [6, 6.07) is 15.4. The lowest BCUT2D eigenvalue weighted by Gasteiger charge is -2.19. The van der Waals surface area contributed by atoms with Crippen molar-refractivity contribution < 1.29 is 9.59 Å². The predicted octanol–water partition coefficient (Wildman–Crippen LogP) is 4.73. The highest BCUT2D eigenvalue weighted by atomic mass is 35.5. The number of hydrogen-bond acceptors (Lipinski definition) is 5. The van der Waals surface area contributed by atoms with Crippen LogP contribution in [0.3, 0.4) is 0 Å². The van der Waals surface area contributed by atoms with Gasteiger partial charge in [-0.3, -0.25) is 15.0 Å². The fourth-order valence-electron chi connectivity index (χ4n) is 3.84. The molecule has 3 aromatic rings. The van der Waals surface area contributed by atoms with Gasteiger partial charge in [-0.05, 0) is 55.3 Å². The summed E-state index contributed by atoms with van der Waals surface area (Å²) < 4.78 is 0. The van der Waals surface area contributed by atoms with Gasteiger partial charge in [-0.2, -0.15) is 0 Å². The Bertz CT molecular complexity index is 1240. The highest BCUT2D eigenvalue weighted by Crippen LogP contribution is 2.24. The number of amides is 2. The van der Waals surface area contributed by atoms with Gasteiger partial charge >= 0.3 is 0 Å². The quantitative estimate of drug-likeness (QED) is 0.342. The zero-order chi connectivity index (χ0) is 24.9. The molecule has 8 nitrogen and oxygen atoms in total. The van der Waals surface area contributed by atoms with Gasteiger partial charge in [0.25, 0.3) is 11.8 Å². The molecule has 9 heteroatoms. The number of likely N-dealkylation sites (tertiary alicyclic amines) is 1. The molecule has 4 rings (SSSR count). The number of pyridine rings is 1. The van der Waals surface area contributed by atoms with Crippen LogP contribution in [0.4, 0.5) is 17.2 Å². The Kier molecular flexibility index (Phi) is 7.31. The Morgan fingerprint density at radius 1 is 0.943 bits per heavy atom. The van der Waals surface area contributed by atoms with Crippen LogP contribution in [-0.2, 0) is 0 Å². The molecule has 0 unspecified atom stereocenters. The molecule has 1 fully saturated rings. The van der Waals surface area contributed by atoms with Crippen LogP contribution in [0, 0.1) is 5.41 Å². The SMILES string of the molecule is CN(C)c1ccc(NC(=O)c2ccc(C(=N)N3CCCC3)cc2)c(C(=O)Nc2ccc(Cl)cn2)c1. The van der Waals surface area contributed by atoms with Gasteiger partial charge in [-0.15, -0.1) is 0 Å². The fraction of sp³-hybridized carbons (Fsp3) is 0.231. The molecule has 1 aliphatic rings. The minimum atomic E-state index is -0.409. The minimum Gasteiger partial charge on any atom is -0.378 e. The number of benzene rings is 2. The Balaban J connectivity index is 1.53. The normalized spacial score (nSPS) is 12.8. The summed E-state index contributed by atoms with van der Waals surface area (Å²) in [6.45, 7) is 1.78. The molecule has 0 spiro atoms. The maximum Gasteiger partial charge on any atom is 0.259 e. The van der Waals surface area contributed by atoms with Crippen LogP contribution >= 0.6 is 11.6 Å². The van der Waals surface area contributed by atoms with Crippen molar-refractivity contribution in [1.82, 2.24) is 9.88 Å². The summed E-state index contributed by atoms with van der Waals surface area (Å²) in [4.78, 5) is 34.1. The third-order valence-corrected chi connectivity index (χ3v) is 6.05. The Morgan fingerprint density at radius 3 is 2.26 bits per heavy atom. The summed E-state index contributed by atoms with van der Waals surface area (Å²) in [7, 11) is 3.74. The van der Waals surface area contributed by atoms with Crippen molar-refractivity contribution in [2.24, 2.45) is 0 Å². The standard InChI is InChI=1S/C26H27ClN6O2/c1-32(2)20-10-11-22(21(15-20)26(35)31-23-12-9-19(27)16-29-23)30-25(34)18-7-5-17(6-8-18)24(28)33-13-3-4-14-33/h5-12,15-16,28H,3-4,13-14H2,1-2H3,(H,30,34)(H,29,31,35). The van der Waals surface area contributed by atoms with Crippen molar-refractivity contribution in [3.63, 3.8) is 0 Å². The van der Waals surface area contributed by atoms with E-state index in [0.29, 0.717) is 33.5 Å². The monoisotopic (exact) mass is 490 g/mol. The van der Waals surface area contributed by atoms with Crippen LogP contribution in [0.2, 0.25) is 5.02 Å². The highest BCUT2D eigenvalue weighted by Gasteiger charge is 2.19. The third-order valence-electron chi connectivity index (χ3n) is 5.82. The number of amidine groups is 1. The second kappa shape index (κ2) is 10.6. The molecule has 2 amide bonds. The molecular formula is C26H27ClN6O2. The fourth-order valence-corrected chi connectivity index (χ4v) is 3.95. The van der Waals surface area contributed by atoms with E-state index in [2.05, 4.69) is 15.6 Å². The molecule has 0 bridgehead atoms. The third kappa shape index (κ3) is 5.78. The van der Waals surface area contributed by atoms with Crippen LogP contribution in [-0.4, -0.2) is 54.7 Å². The Hall–Kier alpha value is -3.91. The molecule has 2 heterocycles. The lowest BCUT2D eigenvalue weighted by molar-refractivity contribution is 0.102. The zero-order valence-electron chi connectivity index (χ0n) is 19.6. The van der Waals surface area contributed by atoms with Gasteiger partial charge in [-0.25, -0.2) is 4.98 Å². The van der Waals surface area contributed by atoms with Crippen molar-refractivity contribution in [3.05, 3.63) is 82.5 Å². The molecule has 0 saturated carbocycles. The first-order valence-corrected chi connectivity index (χ1v) is 11.7. The van der Waals surface area contributed by atoms with Gasteiger partial charge in [0, 0.05) is 50.2 Å². The second-order valence-electron chi connectivity index (χ2n) is 8.51. The summed E-state index contributed by atoms with van der Waals surface area (Å²) in [6.07, 6.45) is 3.64. The van der Waals surface area contributed by atoms with E-state index >= 15 is 0 Å². The first-order chi connectivity index (χ1) is 16.8. The van der Waals surface area contributed by atoms with E-state index in [0.717, 1.165) is 37.2 Å². The van der Waals surface area contributed by atoms with Crippen molar-refractivity contribution in [3.8, 4) is 0 Å². The van der Waals surface area contributed by atoms with E-state index in [1.807, 2.05) is 30.0 Å². The average Bonchev–Trinajstić information content (AvgIpc) is 3.40. The number of carbonyl (C=O) groups is 2. The molecule has 0 atom stereocenters. The first kappa shape index (κ1) is 24.2. The van der Waals surface area contributed by atoms with Crippen molar-refractivity contribution in [2.75, 3.05) is 42.7 Å². The van der Waals surface area contributed by atoms with E-state index < -0.39 is 5.91 Å². The number of anilines is 3.